The van der Waals surface area contributed by atoms with E-state index in [1.165, 1.54) is 17.2 Å². The number of hydrogen-bond donors (Lipinski definition) is 2. The predicted octanol–water partition coefficient (Wildman–Crippen LogP) is 0.384. The van der Waals surface area contributed by atoms with Crippen LogP contribution in [-0.4, -0.2) is 35.6 Å². The van der Waals surface area contributed by atoms with E-state index in [2.05, 4.69) is 15.2 Å². The summed E-state index contributed by atoms with van der Waals surface area (Å²) in [6.07, 6.45) is 2.93. The number of rotatable bonds is 4. The lowest BCUT2D eigenvalue weighted by Gasteiger charge is -2.08. The number of anilines is 1. The molecule has 0 atom stereocenters. The number of nitrogen functional groups attached to an aromatic ring is 1. The number of aromatic carboxylic acids is 1. The van der Waals surface area contributed by atoms with E-state index in [-0.39, 0.29) is 17.4 Å². The average Bonchev–Trinajstić information content (AvgIpc) is 2.85. The molecule has 2 aromatic rings. The molecular weight excluding hydrogens is 236 g/mol. The largest absolute Gasteiger partial charge is 0.476 e. The number of aromatic nitrogens is 5. The number of carbonyl (C=O) groups is 1. The van der Waals surface area contributed by atoms with Crippen molar-refractivity contribution in [3.63, 3.8) is 0 Å². The molecule has 0 fully saturated rings. The molecule has 18 heavy (non-hydrogen) atoms. The van der Waals surface area contributed by atoms with Gasteiger partial charge in [-0.3, -0.25) is 4.68 Å². The Morgan fingerprint density at radius 2 is 2.28 bits per heavy atom. The van der Waals surface area contributed by atoms with E-state index in [1.54, 1.807) is 4.68 Å². The van der Waals surface area contributed by atoms with Gasteiger partial charge in [-0.2, -0.15) is 10.2 Å². The molecule has 0 saturated heterocycles. The molecule has 0 amide bonds. The Morgan fingerprint density at radius 3 is 2.83 bits per heavy atom. The van der Waals surface area contributed by atoms with Crippen molar-refractivity contribution >= 4 is 11.7 Å². The van der Waals surface area contributed by atoms with Gasteiger partial charge in [-0.1, -0.05) is 0 Å². The maximum atomic E-state index is 10.8. The first-order valence-corrected chi connectivity index (χ1v) is 5.43. The summed E-state index contributed by atoms with van der Waals surface area (Å²) in [5.41, 5.74) is 5.55. The molecule has 0 radical (unpaired) electrons. The van der Waals surface area contributed by atoms with Gasteiger partial charge in [0.2, 0.25) is 0 Å². The van der Waals surface area contributed by atoms with Gasteiger partial charge >= 0.3 is 5.97 Å². The average molecular weight is 250 g/mol. The van der Waals surface area contributed by atoms with Crippen LogP contribution in [0.3, 0.4) is 0 Å². The Balaban J connectivity index is 2.26. The molecule has 3 N–H and O–H groups in total. The molecule has 8 nitrogen and oxygen atoms in total. The third-order valence-electron chi connectivity index (χ3n) is 2.43. The maximum Gasteiger partial charge on any atom is 0.358 e. The van der Waals surface area contributed by atoms with Gasteiger partial charge in [0.1, 0.15) is 18.7 Å². The second-order valence-electron chi connectivity index (χ2n) is 4.15. The molecule has 0 aliphatic heterocycles. The molecule has 0 spiro atoms. The van der Waals surface area contributed by atoms with Crippen molar-refractivity contribution in [1.82, 2.24) is 24.5 Å². The summed E-state index contributed by atoms with van der Waals surface area (Å²) < 4.78 is 3.19. The molecule has 0 saturated carbocycles. The van der Waals surface area contributed by atoms with E-state index in [4.69, 9.17) is 10.8 Å². The zero-order chi connectivity index (χ0) is 13.3. The molecule has 0 bridgehead atoms. The SMILES string of the molecule is CC(C)n1ncnc1Cn1cc(N)c(C(=O)O)n1. The molecule has 0 aromatic carbocycles. The molecule has 0 aliphatic rings. The van der Waals surface area contributed by atoms with Crippen LogP contribution in [0.4, 0.5) is 5.69 Å². The van der Waals surface area contributed by atoms with Crippen LogP contribution in [-0.2, 0) is 6.54 Å². The molecular formula is C10H14N6O2. The highest BCUT2D eigenvalue weighted by molar-refractivity contribution is 5.91. The van der Waals surface area contributed by atoms with Crippen LogP contribution in [0.2, 0.25) is 0 Å². The minimum Gasteiger partial charge on any atom is -0.476 e. The van der Waals surface area contributed by atoms with Gasteiger partial charge in [0, 0.05) is 12.2 Å². The summed E-state index contributed by atoms with van der Waals surface area (Å²) >= 11 is 0. The van der Waals surface area contributed by atoms with Crippen LogP contribution in [0.15, 0.2) is 12.5 Å². The van der Waals surface area contributed by atoms with Gasteiger partial charge in [0.15, 0.2) is 5.69 Å². The smallest absolute Gasteiger partial charge is 0.358 e. The van der Waals surface area contributed by atoms with Gasteiger partial charge < -0.3 is 10.8 Å². The second-order valence-corrected chi connectivity index (χ2v) is 4.15. The first kappa shape index (κ1) is 12.1. The zero-order valence-corrected chi connectivity index (χ0v) is 10.1. The fourth-order valence-corrected chi connectivity index (χ4v) is 1.65. The van der Waals surface area contributed by atoms with Crippen LogP contribution in [0.5, 0.6) is 0 Å². The van der Waals surface area contributed by atoms with E-state index in [0.717, 1.165) is 0 Å². The normalized spacial score (nSPS) is 11.1. The summed E-state index contributed by atoms with van der Waals surface area (Å²) in [5, 5.41) is 16.8. The monoisotopic (exact) mass is 250 g/mol. The molecule has 96 valence electrons. The maximum absolute atomic E-state index is 10.8. The zero-order valence-electron chi connectivity index (χ0n) is 10.1. The van der Waals surface area contributed by atoms with Gasteiger partial charge in [0.25, 0.3) is 0 Å². The van der Waals surface area contributed by atoms with Crippen molar-refractivity contribution < 1.29 is 9.90 Å². The third kappa shape index (κ3) is 2.17. The lowest BCUT2D eigenvalue weighted by Crippen LogP contribution is -2.12. The molecule has 0 aliphatic carbocycles. The highest BCUT2D eigenvalue weighted by Gasteiger charge is 2.15. The fraction of sp³-hybridized carbons (Fsp3) is 0.400. The van der Waals surface area contributed by atoms with E-state index < -0.39 is 5.97 Å². The van der Waals surface area contributed by atoms with Crippen molar-refractivity contribution in [2.45, 2.75) is 26.4 Å². The van der Waals surface area contributed by atoms with Crippen molar-refractivity contribution in [2.75, 3.05) is 5.73 Å². The van der Waals surface area contributed by atoms with Crippen LogP contribution in [0.1, 0.15) is 36.2 Å². The van der Waals surface area contributed by atoms with Crippen molar-refractivity contribution in [3.05, 3.63) is 24.0 Å². The Kier molecular flexibility index (Phi) is 3.00. The van der Waals surface area contributed by atoms with Crippen LogP contribution in [0, 0.1) is 0 Å². The minimum absolute atomic E-state index is 0.137. The quantitative estimate of drug-likeness (QED) is 0.811. The predicted molar refractivity (Wildman–Crippen MR) is 63.1 cm³/mol. The Hall–Kier alpha value is -2.38. The molecule has 0 unspecified atom stereocenters. The lowest BCUT2D eigenvalue weighted by atomic mass is 10.4. The van der Waals surface area contributed by atoms with Gasteiger partial charge in [-0.05, 0) is 13.8 Å². The van der Waals surface area contributed by atoms with Gasteiger partial charge in [-0.15, -0.1) is 0 Å². The van der Waals surface area contributed by atoms with Gasteiger partial charge in [0.05, 0.1) is 5.69 Å². The topological polar surface area (TPSA) is 112 Å². The van der Waals surface area contributed by atoms with Crippen molar-refractivity contribution in [1.29, 1.82) is 0 Å². The number of hydrogen-bond acceptors (Lipinski definition) is 5. The number of nitrogens with two attached hydrogens (primary N) is 1. The van der Waals surface area contributed by atoms with Crippen molar-refractivity contribution in [2.24, 2.45) is 0 Å². The summed E-state index contributed by atoms with van der Waals surface area (Å²) in [7, 11) is 0. The number of carboxylic acid groups (broad SMARTS) is 1. The van der Waals surface area contributed by atoms with Gasteiger partial charge in [-0.25, -0.2) is 14.5 Å². The molecule has 2 aromatic heterocycles. The van der Waals surface area contributed by atoms with E-state index in [9.17, 15) is 4.79 Å². The molecule has 2 heterocycles. The third-order valence-corrected chi connectivity index (χ3v) is 2.43. The minimum atomic E-state index is -1.14. The summed E-state index contributed by atoms with van der Waals surface area (Å²) in [6.45, 7) is 4.30. The first-order chi connectivity index (χ1) is 8.49. The second kappa shape index (κ2) is 4.47. The Bertz CT molecular complexity index is 571. The van der Waals surface area contributed by atoms with Crippen molar-refractivity contribution in [3.8, 4) is 0 Å². The standard InChI is InChI=1S/C10H14N6O2/c1-6(2)16-8(12-5-13-16)4-15-3-7(11)9(14-15)10(17)18/h3,5-6H,4,11H2,1-2H3,(H,17,18). The molecule has 8 heteroatoms. The number of carboxylic acids is 1. The summed E-state index contributed by atoms with van der Waals surface area (Å²) in [5.74, 6) is -0.444. The van der Waals surface area contributed by atoms with Crippen LogP contribution in [0.25, 0.3) is 0 Å². The van der Waals surface area contributed by atoms with E-state index in [0.29, 0.717) is 12.4 Å². The highest BCUT2D eigenvalue weighted by Crippen LogP contribution is 2.11. The first-order valence-electron chi connectivity index (χ1n) is 5.43. The number of nitrogens with zero attached hydrogens (tertiary/aromatic N) is 5. The summed E-state index contributed by atoms with van der Waals surface area (Å²) in [4.78, 5) is 14.9. The Labute approximate surface area is 103 Å². The lowest BCUT2D eigenvalue weighted by molar-refractivity contribution is 0.0690. The molecule has 2 rings (SSSR count). The highest BCUT2D eigenvalue weighted by atomic mass is 16.4. The van der Waals surface area contributed by atoms with Crippen LogP contribution >= 0.6 is 0 Å². The van der Waals surface area contributed by atoms with E-state index in [1.807, 2.05) is 13.8 Å². The van der Waals surface area contributed by atoms with E-state index >= 15 is 0 Å². The fourth-order valence-electron chi connectivity index (χ4n) is 1.65. The summed E-state index contributed by atoms with van der Waals surface area (Å²) in [6, 6.07) is 0.175. The van der Waals surface area contributed by atoms with Crippen LogP contribution < -0.4 is 5.73 Å². The Morgan fingerprint density at radius 1 is 1.56 bits per heavy atom.